The fourth-order valence-electron chi connectivity index (χ4n) is 0.915. The van der Waals surface area contributed by atoms with E-state index in [1.165, 1.54) is 11.8 Å². The van der Waals surface area contributed by atoms with Gasteiger partial charge >= 0.3 is 0 Å². The molecule has 0 spiro atoms. The molecule has 0 aliphatic carbocycles. The monoisotopic (exact) mass is 187 g/mol. The second-order valence-electron chi connectivity index (χ2n) is 2.49. The van der Waals surface area contributed by atoms with E-state index in [0.29, 0.717) is 11.5 Å². The molecule has 6 heteroatoms. The first-order valence-electron chi connectivity index (χ1n) is 3.44. The van der Waals surface area contributed by atoms with E-state index < -0.39 is 0 Å². The predicted molar refractivity (Wildman–Crippen MR) is 52.1 cm³/mol. The minimum absolute atomic E-state index is 0.324. The van der Waals surface area contributed by atoms with Crippen molar-refractivity contribution in [1.29, 1.82) is 0 Å². The Morgan fingerprint density at radius 2 is 2.08 bits per heavy atom. The zero-order chi connectivity index (χ0) is 9.30. The SMILES string of the molecule is CSC1=NC(N)=C(N)C(N)N1C. The first-order valence-corrected chi connectivity index (χ1v) is 4.66. The van der Waals surface area contributed by atoms with Crippen LogP contribution in [0.15, 0.2) is 16.5 Å². The standard InChI is InChI=1S/C6H13N5S/c1-11-5(9)3(7)4(8)10-6(11)12-2/h5H,7-9H2,1-2H3. The largest absolute Gasteiger partial charge is 0.396 e. The summed E-state index contributed by atoms with van der Waals surface area (Å²) in [4.78, 5) is 5.86. The van der Waals surface area contributed by atoms with Crippen LogP contribution in [0.4, 0.5) is 0 Å². The van der Waals surface area contributed by atoms with Crippen LogP contribution in [-0.2, 0) is 0 Å². The van der Waals surface area contributed by atoms with E-state index in [0.717, 1.165) is 5.17 Å². The van der Waals surface area contributed by atoms with E-state index >= 15 is 0 Å². The molecule has 1 unspecified atom stereocenters. The molecule has 1 aliphatic rings. The normalized spacial score (nSPS) is 24.4. The summed E-state index contributed by atoms with van der Waals surface area (Å²) >= 11 is 1.49. The van der Waals surface area contributed by atoms with Gasteiger partial charge in [-0.3, -0.25) is 0 Å². The highest BCUT2D eigenvalue weighted by Crippen LogP contribution is 2.15. The van der Waals surface area contributed by atoms with E-state index in [1.54, 1.807) is 4.90 Å². The van der Waals surface area contributed by atoms with Gasteiger partial charge in [0.15, 0.2) is 5.17 Å². The molecule has 12 heavy (non-hydrogen) atoms. The summed E-state index contributed by atoms with van der Waals surface area (Å²) in [5, 5.41) is 0.786. The van der Waals surface area contributed by atoms with Crippen LogP contribution in [0.25, 0.3) is 0 Å². The minimum Gasteiger partial charge on any atom is -0.396 e. The fraction of sp³-hybridized carbons (Fsp3) is 0.500. The van der Waals surface area contributed by atoms with Crippen molar-refractivity contribution in [3.63, 3.8) is 0 Å². The Balaban J connectivity index is 3.00. The van der Waals surface area contributed by atoms with Gasteiger partial charge in [0.1, 0.15) is 12.0 Å². The van der Waals surface area contributed by atoms with Crippen molar-refractivity contribution in [3.8, 4) is 0 Å². The predicted octanol–water partition coefficient (Wildman–Crippen LogP) is -0.978. The zero-order valence-electron chi connectivity index (χ0n) is 7.11. The van der Waals surface area contributed by atoms with Gasteiger partial charge in [-0.1, -0.05) is 11.8 Å². The average molecular weight is 187 g/mol. The second-order valence-corrected chi connectivity index (χ2v) is 3.27. The number of aliphatic imine (C=N–C) groups is 1. The van der Waals surface area contributed by atoms with Crippen LogP contribution in [0.2, 0.25) is 0 Å². The number of nitrogens with two attached hydrogens (primary N) is 3. The van der Waals surface area contributed by atoms with Gasteiger partial charge in [-0.05, 0) is 6.26 Å². The highest BCUT2D eigenvalue weighted by atomic mass is 32.2. The van der Waals surface area contributed by atoms with E-state index in [-0.39, 0.29) is 6.17 Å². The molecule has 1 atom stereocenters. The smallest absolute Gasteiger partial charge is 0.167 e. The number of amidine groups is 1. The van der Waals surface area contributed by atoms with E-state index in [2.05, 4.69) is 4.99 Å². The molecule has 1 rings (SSSR count). The Morgan fingerprint density at radius 3 is 2.58 bits per heavy atom. The third-order valence-electron chi connectivity index (χ3n) is 1.73. The second kappa shape index (κ2) is 3.24. The van der Waals surface area contributed by atoms with Crippen LogP contribution in [-0.4, -0.2) is 29.5 Å². The van der Waals surface area contributed by atoms with Gasteiger partial charge in [-0.25, -0.2) is 4.99 Å². The lowest BCUT2D eigenvalue weighted by Crippen LogP contribution is -2.49. The van der Waals surface area contributed by atoms with Gasteiger partial charge in [-0.2, -0.15) is 0 Å². The fourth-order valence-corrected chi connectivity index (χ4v) is 1.51. The lowest BCUT2D eigenvalue weighted by atomic mass is 10.3. The molecule has 0 amide bonds. The third-order valence-corrected chi connectivity index (χ3v) is 2.48. The Kier molecular flexibility index (Phi) is 2.49. The molecule has 0 bridgehead atoms. The maximum Gasteiger partial charge on any atom is 0.167 e. The number of thioether (sulfide) groups is 1. The van der Waals surface area contributed by atoms with Crippen LogP contribution < -0.4 is 17.2 Å². The van der Waals surface area contributed by atoms with Gasteiger partial charge in [0.25, 0.3) is 0 Å². The maximum atomic E-state index is 5.75. The van der Waals surface area contributed by atoms with E-state index in [4.69, 9.17) is 17.2 Å². The Hall–Kier alpha value is -0.880. The first-order chi connectivity index (χ1) is 5.57. The van der Waals surface area contributed by atoms with Crippen molar-refractivity contribution in [1.82, 2.24) is 4.90 Å². The first kappa shape index (κ1) is 9.21. The number of hydrogen-bond donors (Lipinski definition) is 3. The van der Waals surface area contributed by atoms with Crippen LogP contribution in [0.1, 0.15) is 0 Å². The summed E-state index contributed by atoms with van der Waals surface area (Å²) in [6.07, 6.45) is 1.56. The lowest BCUT2D eigenvalue weighted by Gasteiger charge is -2.30. The molecule has 0 fully saturated rings. The summed E-state index contributed by atoms with van der Waals surface area (Å²) in [6.45, 7) is 0. The van der Waals surface area contributed by atoms with Crippen LogP contribution in [0.3, 0.4) is 0 Å². The van der Waals surface area contributed by atoms with Crippen molar-refractivity contribution in [2.24, 2.45) is 22.2 Å². The van der Waals surface area contributed by atoms with Crippen molar-refractivity contribution in [2.45, 2.75) is 6.17 Å². The summed E-state index contributed by atoms with van der Waals surface area (Å²) in [5.74, 6) is 0.324. The molecule has 0 aromatic carbocycles. The molecule has 6 N–H and O–H groups in total. The van der Waals surface area contributed by atoms with Crippen LogP contribution in [0.5, 0.6) is 0 Å². The van der Waals surface area contributed by atoms with Gasteiger partial charge in [-0.15, -0.1) is 0 Å². The van der Waals surface area contributed by atoms with Gasteiger partial charge < -0.3 is 22.1 Å². The molecule has 1 heterocycles. The van der Waals surface area contributed by atoms with Crippen molar-refractivity contribution >= 4 is 16.9 Å². The molecule has 0 aromatic rings. The molecule has 5 nitrogen and oxygen atoms in total. The topological polar surface area (TPSA) is 93.7 Å². The summed E-state index contributed by atoms with van der Waals surface area (Å²) < 4.78 is 0. The third kappa shape index (κ3) is 1.35. The van der Waals surface area contributed by atoms with E-state index in [1.807, 2.05) is 13.3 Å². The number of likely N-dealkylation sites (N-methyl/N-ethyl adjacent to an activating group) is 1. The number of nitrogens with zero attached hydrogens (tertiary/aromatic N) is 2. The highest BCUT2D eigenvalue weighted by molar-refractivity contribution is 8.13. The zero-order valence-corrected chi connectivity index (χ0v) is 7.93. The van der Waals surface area contributed by atoms with Crippen molar-refractivity contribution < 1.29 is 0 Å². The van der Waals surface area contributed by atoms with Gasteiger partial charge in [0, 0.05) is 7.05 Å². The van der Waals surface area contributed by atoms with Gasteiger partial charge in [0.2, 0.25) is 0 Å². The van der Waals surface area contributed by atoms with Crippen molar-refractivity contribution in [3.05, 3.63) is 11.5 Å². The molecule has 1 aliphatic heterocycles. The Bertz CT molecular complexity index is 246. The average Bonchev–Trinajstić information content (AvgIpc) is 2.08. The quantitative estimate of drug-likeness (QED) is 0.453. The highest BCUT2D eigenvalue weighted by Gasteiger charge is 2.22. The summed E-state index contributed by atoms with van der Waals surface area (Å²) in [6, 6.07) is 0. The summed E-state index contributed by atoms with van der Waals surface area (Å²) in [5.41, 5.74) is 17.3. The Labute approximate surface area is 75.7 Å². The number of rotatable bonds is 0. The number of hydrogen-bond acceptors (Lipinski definition) is 6. The molecular weight excluding hydrogens is 174 g/mol. The van der Waals surface area contributed by atoms with Crippen LogP contribution in [0, 0.1) is 0 Å². The molecule has 0 saturated heterocycles. The summed E-state index contributed by atoms with van der Waals surface area (Å²) in [7, 11) is 1.83. The molecule has 0 aromatic heterocycles. The Morgan fingerprint density at radius 1 is 1.50 bits per heavy atom. The van der Waals surface area contributed by atoms with Crippen LogP contribution >= 0.6 is 11.8 Å². The lowest BCUT2D eigenvalue weighted by molar-refractivity contribution is 0.411. The van der Waals surface area contributed by atoms with E-state index in [9.17, 15) is 0 Å². The maximum absolute atomic E-state index is 5.75. The van der Waals surface area contributed by atoms with Gasteiger partial charge in [0.05, 0.1) is 5.70 Å². The van der Waals surface area contributed by atoms with Crippen molar-refractivity contribution in [2.75, 3.05) is 13.3 Å². The molecule has 68 valence electrons. The molecule has 0 saturated carbocycles. The molecular formula is C6H13N5S. The minimum atomic E-state index is -0.357. The molecule has 0 radical (unpaired) electrons.